The van der Waals surface area contributed by atoms with Crippen molar-refractivity contribution in [1.82, 2.24) is 4.98 Å². The third kappa shape index (κ3) is 2.64. The zero-order valence-electron chi connectivity index (χ0n) is 11.3. The zero-order chi connectivity index (χ0) is 13.1. The average molecular weight is 261 g/mol. The summed E-state index contributed by atoms with van der Waals surface area (Å²) >= 11 is 1.79. The molecule has 2 rings (SSSR count). The van der Waals surface area contributed by atoms with Crippen LogP contribution >= 0.6 is 11.3 Å². The van der Waals surface area contributed by atoms with Crippen LogP contribution in [0.25, 0.3) is 0 Å². The van der Waals surface area contributed by atoms with E-state index in [9.17, 15) is 0 Å². The lowest BCUT2D eigenvalue weighted by Gasteiger charge is -2.21. The Kier molecular flexibility index (Phi) is 3.87. The number of aryl methyl sites for hydroxylation is 1. The van der Waals surface area contributed by atoms with Crippen LogP contribution in [0.4, 0.5) is 11.4 Å². The van der Waals surface area contributed by atoms with Gasteiger partial charge in [0.2, 0.25) is 0 Å². The molecule has 0 aliphatic carbocycles. The highest BCUT2D eigenvalue weighted by Crippen LogP contribution is 2.30. The van der Waals surface area contributed by atoms with Crippen LogP contribution in [0, 0.1) is 6.92 Å². The predicted molar refractivity (Wildman–Crippen MR) is 79.7 cm³/mol. The second kappa shape index (κ2) is 5.40. The fraction of sp³-hybridized carbons (Fsp3) is 0.357. The molecule has 0 spiro atoms. The van der Waals surface area contributed by atoms with E-state index in [2.05, 4.69) is 40.5 Å². The van der Waals surface area contributed by atoms with Crippen molar-refractivity contribution in [3.05, 3.63) is 40.3 Å². The molecule has 2 heterocycles. The third-order valence-electron chi connectivity index (χ3n) is 2.95. The Morgan fingerprint density at radius 1 is 1.33 bits per heavy atom. The Labute approximate surface area is 112 Å². The second-order valence-electron chi connectivity index (χ2n) is 4.62. The Hall–Kier alpha value is -1.55. The standard InChI is InChI=1S/C14H19N3S/c1-10-6-8-18-14(10)11(2)16-12-9-15-7-5-13(12)17(3)4/h5-9,11,16H,1-4H3. The summed E-state index contributed by atoms with van der Waals surface area (Å²) in [5.74, 6) is 0. The minimum absolute atomic E-state index is 0.299. The molecule has 0 saturated heterocycles. The molecule has 0 radical (unpaired) electrons. The number of aromatic nitrogens is 1. The van der Waals surface area contributed by atoms with E-state index in [-0.39, 0.29) is 0 Å². The molecule has 1 unspecified atom stereocenters. The topological polar surface area (TPSA) is 28.2 Å². The van der Waals surface area contributed by atoms with E-state index in [4.69, 9.17) is 0 Å². The van der Waals surface area contributed by atoms with Gasteiger partial charge >= 0.3 is 0 Å². The highest BCUT2D eigenvalue weighted by molar-refractivity contribution is 7.10. The van der Waals surface area contributed by atoms with E-state index < -0.39 is 0 Å². The second-order valence-corrected chi connectivity index (χ2v) is 5.57. The molecule has 1 atom stereocenters. The van der Waals surface area contributed by atoms with E-state index in [1.165, 1.54) is 10.4 Å². The van der Waals surface area contributed by atoms with Crippen LogP contribution in [0.3, 0.4) is 0 Å². The summed E-state index contributed by atoms with van der Waals surface area (Å²) in [7, 11) is 4.09. The van der Waals surface area contributed by atoms with E-state index in [0.717, 1.165) is 11.4 Å². The molecule has 2 aromatic rings. The van der Waals surface area contributed by atoms with Gasteiger partial charge in [-0.15, -0.1) is 11.3 Å². The van der Waals surface area contributed by atoms with Gasteiger partial charge in [0, 0.05) is 25.2 Å². The first-order valence-corrected chi connectivity index (χ1v) is 6.89. The largest absolute Gasteiger partial charge is 0.376 e. The first-order valence-electron chi connectivity index (χ1n) is 6.01. The molecule has 0 saturated carbocycles. The summed E-state index contributed by atoms with van der Waals surface area (Å²) in [6.45, 7) is 4.34. The Morgan fingerprint density at radius 3 is 2.72 bits per heavy atom. The van der Waals surface area contributed by atoms with Gasteiger partial charge in [-0.2, -0.15) is 0 Å². The van der Waals surface area contributed by atoms with Gasteiger partial charge in [0.15, 0.2) is 0 Å². The fourth-order valence-electron chi connectivity index (χ4n) is 2.02. The summed E-state index contributed by atoms with van der Waals surface area (Å²) in [5.41, 5.74) is 3.57. The maximum absolute atomic E-state index is 4.20. The van der Waals surface area contributed by atoms with Crippen molar-refractivity contribution >= 4 is 22.7 Å². The highest BCUT2D eigenvalue weighted by atomic mass is 32.1. The number of rotatable bonds is 4. The van der Waals surface area contributed by atoms with Gasteiger partial charge < -0.3 is 10.2 Å². The van der Waals surface area contributed by atoms with Crippen molar-refractivity contribution in [2.24, 2.45) is 0 Å². The monoisotopic (exact) mass is 261 g/mol. The Bertz CT molecular complexity index is 519. The number of nitrogens with zero attached hydrogens (tertiary/aromatic N) is 2. The molecule has 4 heteroatoms. The van der Waals surface area contributed by atoms with Crippen LogP contribution in [-0.4, -0.2) is 19.1 Å². The van der Waals surface area contributed by atoms with E-state index in [1.807, 2.05) is 32.6 Å². The van der Waals surface area contributed by atoms with Crippen LogP contribution in [0.2, 0.25) is 0 Å². The van der Waals surface area contributed by atoms with E-state index >= 15 is 0 Å². The summed E-state index contributed by atoms with van der Waals surface area (Å²) in [6, 6.07) is 4.48. The van der Waals surface area contributed by atoms with Crippen molar-refractivity contribution in [3.8, 4) is 0 Å². The lowest BCUT2D eigenvalue weighted by molar-refractivity contribution is 0.894. The molecule has 0 aromatic carbocycles. The van der Waals surface area contributed by atoms with Gasteiger partial charge in [0.05, 0.1) is 23.6 Å². The molecule has 0 aliphatic rings. The normalized spacial score (nSPS) is 12.2. The molecule has 0 amide bonds. The molecular weight excluding hydrogens is 242 g/mol. The van der Waals surface area contributed by atoms with Gasteiger partial charge in [0.1, 0.15) is 0 Å². The molecule has 0 aliphatic heterocycles. The van der Waals surface area contributed by atoms with Crippen molar-refractivity contribution in [2.75, 3.05) is 24.3 Å². The van der Waals surface area contributed by atoms with Crippen LogP contribution < -0.4 is 10.2 Å². The van der Waals surface area contributed by atoms with Crippen molar-refractivity contribution in [2.45, 2.75) is 19.9 Å². The molecule has 0 fully saturated rings. The fourth-order valence-corrected chi connectivity index (χ4v) is 2.95. The van der Waals surface area contributed by atoms with Gasteiger partial charge in [-0.05, 0) is 36.9 Å². The molecule has 1 N–H and O–H groups in total. The predicted octanol–water partition coefficient (Wildman–Crippen LogP) is 3.69. The third-order valence-corrected chi connectivity index (χ3v) is 4.15. The number of anilines is 2. The number of hydrogen-bond donors (Lipinski definition) is 1. The van der Waals surface area contributed by atoms with Crippen LogP contribution in [-0.2, 0) is 0 Å². The molecule has 96 valence electrons. The maximum atomic E-state index is 4.20. The highest BCUT2D eigenvalue weighted by Gasteiger charge is 2.12. The Morgan fingerprint density at radius 2 is 2.11 bits per heavy atom. The van der Waals surface area contributed by atoms with Gasteiger partial charge in [-0.1, -0.05) is 0 Å². The minimum Gasteiger partial charge on any atom is -0.376 e. The molecular formula is C14H19N3S. The Balaban J connectivity index is 2.22. The van der Waals surface area contributed by atoms with Gasteiger partial charge in [0.25, 0.3) is 0 Å². The molecule has 18 heavy (non-hydrogen) atoms. The summed E-state index contributed by atoms with van der Waals surface area (Å²) in [5, 5.41) is 5.68. The summed E-state index contributed by atoms with van der Waals surface area (Å²) < 4.78 is 0. The smallest absolute Gasteiger partial charge is 0.0769 e. The first-order chi connectivity index (χ1) is 8.59. The maximum Gasteiger partial charge on any atom is 0.0769 e. The van der Waals surface area contributed by atoms with Crippen molar-refractivity contribution < 1.29 is 0 Å². The minimum atomic E-state index is 0.299. The number of thiophene rings is 1. The zero-order valence-corrected chi connectivity index (χ0v) is 12.1. The lowest BCUT2D eigenvalue weighted by Crippen LogP contribution is -2.14. The summed E-state index contributed by atoms with van der Waals surface area (Å²) in [4.78, 5) is 7.67. The average Bonchev–Trinajstić information content (AvgIpc) is 2.76. The quantitative estimate of drug-likeness (QED) is 0.909. The molecule has 0 bridgehead atoms. The van der Waals surface area contributed by atoms with Crippen LogP contribution in [0.1, 0.15) is 23.4 Å². The van der Waals surface area contributed by atoms with Crippen LogP contribution in [0.15, 0.2) is 29.9 Å². The summed E-state index contributed by atoms with van der Waals surface area (Å²) in [6.07, 6.45) is 3.70. The number of pyridine rings is 1. The molecule has 3 nitrogen and oxygen atoms in total. The number of hydrogen-bond acceptors (Lipinski definition) is 4. The molecule has 2 aromatic heterocycles. The van der Waals surface area contributed by atoms with Crippen molar-refractivity contribution in [3.63, 3.8) is 0 Å². The SMILES string of the molecule is Cc1ccsc1C(C)Nc1cnccc1N(C)C. The van der Waals surface area contributed by atoms with E-state index in [0.29, 0.717) is 6.04 Å². The lowest BCUT2D eigenvalue weighted by atomic mass is 10.2. The van der Waals surface area contributed by atoms with Crippen LogP contribution in [0.5, 0.6) is 0 Å². The van der Waals surface area contributed by atoms with E-state index in [1.54, 1.807) is 11.3 Å². The first kappa shape index (κ1) is 12.9. The van der Waals surface area contributed by atoms with Crippen molar-refractivity contribution in [1.29, 1.82) is 0 Å². The van der Waals surface area contributed by atoms with Gasteiger partial charge in [-0.3, -0.25) is 4.98 Å². The van der Waals surface area contributed by atoms with Gasteiger partial charge in [-0.25, -0.2) is 0 Å². The number of nitrogens with one attached hydrogen (secondary N) is 1.